The van der Waals surface area contributed by atoms with Crippen molar-refractivity contribution in [1.82, 2.24) is 0 Å². The van der Waals surface area contributed by atoms with Crippen LogP contribution in [0.3, 0.4) is 0 Å². The molecule has 0 bridgehead atoms. The molecule has 0 aromatic heterocycles. The lowest BCUT2D eigenvalue weighted by molar-refractivity contribution is 0.459. The Hall–Kier alpha value is -1.10. The van der Waals surface area contributed by atoms with Gasteiger partial charge >= 0.3 is 0 Å². The smallest absolute Gasteiger partial charge is 0.141 e. The third kappa shape index (κ3) is 4.47. The maximum Gasteiger partial charge on any atom is 0.141 e. The van der Waals surface area contributed by atoms with Crippen molar-refractivity contribution in [2.75, 3.05) is 6.67 Å². The SMILES string of the molecule is C#C/C(=C\C=C(\F)CF)C(C)(C)C. The number of hydrogen-bond acceptors (Lipinski definition) is 0. The molecule has 0 N–H and O–H groups in total. The number of terminal acetylenes is 1. The molecular weight excluding hydrogens is 170 g/mol. The fourth-order valence-electron chi connectivity index (χ4n) is 0.733. The Labute approximate surface area is 78.3 Å². The maximum atomic E-state index is 12.4. The van der Waals surface area contributed by atoms with E-state index in [0.29, 0.717) is 5.57 Å². The number of halogens is 2. The van der Waals surface area contributed by atoms with E-state index < -0.39 is 12.5 Å². The summed E-state index contributed by atoms with van der Waals surface area (Å²) >= 11 is 0. The minimum absolute atomic E-state index is 0.207. The van der Waals surface area contributed by atoms with Gasteiger partial charge in [-0.2, -0.15) is 0 Å². The quantitative estimate of drug-likeness (QED) is 0.455. The summed E-state index contributed by atoms with van der Waals surface area (Å²) in [6.07, 6.45) is 7.73. The van der Waals surface area contributed by atoms with E-state index >= 15 is 0 Å². The monoisotopic (exact) mass is 184 g/mol. The highest BCUT2D eigenvalue weighted by molar-refractivity contribution is 5.34. The van der Waals surface area contributed by atoms with Crippen molar-refractivity contribution in [3.63, 3.8) is 0 Å². The third-order valence-electron chi connectivity index (χ3n) is 1.52. The van der Waals surface area contributed by atoms with E-state index in [4.69, 9.17) is 6.42 Å². The first-order valence-electron chi connectivity index (χ1n) is 4.01. The standard InChI is InChI=1S/C11H14F2/c1-5-9(11(2,3)4)6-7-10(13)8-12/h1,6-7H,8H2,2-4H3/b9-6+,10-7+. The summed E-state index contributed by atoms with van der Waals surface area (Å²) in [6.45, 7) is 4.66. The molecule has 0 aromatic carbocycles. The van der Waals surface area contributed by atoms with Crippen molar-refractivity contribution in [1.29, 1.82) is 0 Å². The second kappa shape index (κ2) is 4.81. The molecule has 0 fully saturated rings. The fraction of sp³-hybridized carbons (Fsp3) is 0.455. The molecule has 0 rings (SSSR count). The largest absolute Gasteiger partial charge is 0.243 e. The second-order valence-electron chi connectivity index (χ2n) is 3.72. The number of rotatable bonds is 2. The van der Waals surface area contributed by atoms with Gasteiger partial charge < -0.3 is 0 Å². The predicted octanol–water partition coefficient (Wildman–Crippen LogP) is 3.42. The zero-order chi connectivity index (χ0) is 10.5. The molecule has 0 aliphatic carbocycles. The van der Waals surface area contributed by atoms with Crippen LogP contribution in [-0.2, 0) is 0 Å². The van der Waals surface area contributed by atoms with E-state index in [0.717, 1.165) is 6.08 Å². The molecule has 0 atom stereocenters. The van der Waals surface area contributed by atoms with Gasteiger partial charge in [-0.3, -0.25) is 0 Å². The Bertz CT molecular complexity index is 259. The highest BCUT2D eigenvalue weighted by atomic mass is 19.2. The molecule has 0 radical (unpaired) electrons. The molecule has 0 aromatic rings. The van der Waals surface area contributed by atoms with Gasteiger partial charge in [-0.1, -0.05) is 26.7 Å². The molecule has 0 aliphatic heterocycles. The van der Waals surface area contributed by atoms with E-state index in [1.165, 1.54) is 6.08 Å². The summed E-state index contributed by atoms with van der Waals surface area (Å²) in [4.78, 5) is 0. The maximum absolute atomic E-state index is 12.4. The van der Waals surface area contributed by atoms with Crippen molar-refractivity contribution in [3.8, 4) is 12.3 Å². The molecule has 2 heteroatoms. The summed E-state index contributed by atoms with van der Waals surface area (Å²) in [6, 6.07) is 0. The van der Waals surface area contributed by atoms with Crippen LogP contribution in [0, 0.1) is 17.8 Å². The number of allylic oxidation sites excluding steroid dienone is 4. The van der Waals surface area contributed by atoms with Gasteiger partial charge in [0.05, 0.1) is 0 Å². The molecule has 0 unspecified atom stereocenters. The van der Waals surface area contributed by atoms with E-state index in [2.05, 4.69) is 5.92 Å². The zero-order valence-electron chi connectivity index (χ0n) is 8.20. The minimum atomic E-state index is -1.08. The Kier molecular flexibility index (Phi) is 4.40. The second-order valence-corrected chi connectivity index (χ2v) is 3.72. The predicted molar refractivity (Wildman–Crippen MR) is 51.5 cm³/mol. The van der Waals surface area contributed by atoms with Gasteiger partial charge in [-0.15, -0.1) is 6.42 Å². The number of alkyl halides is 1. The van der Waals surface area contributed by atoms with Gasteiger partial charge in [0.2, 0.25) is 0 Å². The first-order valence-corrected chi connectivity index (χ1v) is 4.01. The average molecular weight is 184 g/mol. The Morgan fingerprint density at radius 1 is 1.38 bits per heavy atom. The molecule has 0 saturated heterocycles. The van der Waals surface area contributed by atoms with Crippen LogP contribution in [0.25, 0.3) is 0 Å². The van der Waals surface area contributed by atoms with Crippen LogP contribution in [-0.4, -0.2) is 6.67 Å². The summed E-state index contributed by atoms with van der Waals surface area (Å²) in [5.41, 5.74) is 0.443. The van der Waals surface area contributed by atoms with E-state index in [1.54, 1.807) is 0 Å². The van der Waals surface area contributed by atoms with Crippen LogP contribution in [0.15, 0.2) is 23.6 Å². The molecular formula is C11H14F2. The van der Waals surface area contributed by atoms with E-state index in [-0.39, 0.29) is 5.41 Å². The van der Waals surface area contributed by atoms with Crippen LogP contribution in [0.2, 0.25) is 0 Å². The molecule has 0 amide bonds. The van der Waals surface area contributed by atoms with Crippen molar-refractivity contribution < 1.29 is 8.78 Å². The normalized spacial score (nSPS) is 14.2. The molecule has 0 heterocycles. The zero-order valence-corrected chi connectivity index (χ0v) is 8.20. The lowest BCUT2D eigenvalue weighted by Crippen LogP contribution is -2.07. The van der Waals surface area contributed by atoms with Crippen LogP contribution in [0.5, 0.6) is 0 Å². The summed E-state index contributed by atoms with van der Waals surface area (Å²) in [5, 5.41) is 0. The van der Waals surface area contributed by atoms with Gasteiger partial charge in [-0.05, 0) is 17.6 Å². The summed E-state index contributed by atoms with van der Waals surface area (Å²) in [5.74, 6) is 1.64. The van der Waals surface area contributed by atoms with Crippen molar-refractivity contribution >= 4 is 0 Å². The molecule has 13 heavy (non-hydrogen) atoms. The fourth-order valence-corrected chi connectivity index (χ4v) is 0.733. The highest BCUT2D eigenvalue weighted by Gasteiger charge is 2.13. The Morgan fingerprint density at radius 3 is 2.23 bits per heavy atom. The van der Waals surface area contributed by atoms with Gasteiger partial charge in [0.15, 0.2) is 0 Å². The van der Waals surface area contributed by atoms with E-state index in [1.807, 2.05) is 20.8 Å². The van der Waals surface area contributed by atoms with Gasteiger partial charge in [-0.25, -0.2) is 8.78 Å². The van der Waals surface area contributed by atoms with Crippen LogP contribution >= 0.6 is 0 Å². The average Bonchev–Trinajstić information content (AvgIpc) is 2.02. The minimum Gasteiger partial charge on any atom is -0.243 e. The number of hydrogen-bond donors (Lipinski definition) is 0. The first kappa shape index (κ1) is 11.9. The first-order chi connectivity index (χ1) is 5.91. The van der Waals surface area contributed by atoms with Crippen molar-refractivity contribution in [3.05, 3.63) is 23.6 Å². The highest BCUT2D eigenvalue weighted by Crippen LogP contribution is 2.24. The molecule has 72 valence electrons. The van der Waals surface area contributed by atoms with Gasteiger partial charge in [0.1, 0.15) is 12.5 Å². The summed E-state index contributed by atoms with van der Waals surface area (Å²) in [7, 11) is 0. The topological polar surface area (TPSA) is 0 Å². The molecule has 0 saturated carbocycles. The lowest BCUT2D eigenvalue weighted by atomic mass is 9.87. The van der Waals surface area contributed by atoms with Crippen LogP contribution in [0.1, 0.15) is 20.8 Å². The van der Waals surface area contributed by atoms with Crippen LogP contribution in [0.4, 0.5) is 8.78 Å². The Balaban J connectivity index is 4.73. The molecule has 0 spiro atoms. The Morgan fingerprint density at radius 2 is 1.92 bits per heavy atom. The van der Waals surface area contributed by atoms with E-state index in [9.17, 15) is 8.78 Å². The third-order valence-corrected chi connectivity index (χ3v) is 1.52. The lowest BCUT2D eigenvalue weighted by Gasteiger charge is -2.17. The van der Waals surface area contributed by atoms with Crippen LogP contribution < -0.4 is 0 Å². The van der Waals surface area contributed by atoms with Gasteiger partial charge in [0, 0.05) is 5.57 Å². The van der Waals surface area contributed by atoms with Crippen molar-refractivity contribution in [2.24, 2.45) is 5.41 Å². The summed E-state index contributed by atoms with van der Waals surface area (Å²) < 4.78 is 24.1. The molecule has 0 nitrogen and oxygen atoms in total. The van der Waals surface area contributed by atoms with Gasteiger partial charge in [0.25, 0.3) is 0 Å². The molecule has 0 aliphatic rings. The van der Waals surface area contributed by atoms with Crippen molar-refractivity contribution in [2.45, 2.75) is 20.8 Å².